The van der Waals surface area contributed by atoms with E-state index in [4.69, 9.17) is 0 Å². The van der Waals surface area contributed by atoms with Gasteiger partial charge in [0.25, 0.3) is 0 Å². The summed E-state index contributed by atoms with van der Waals surface area (Å²) in [6, 6.07) is 7.59. The van der Waals surface area contributed by atoms with Gasteiger partial charge in [-0.15, -0.1) is 0 Å². The molecule has 0 saturated carbocycles. The maximum Gasteiger partial charge on any atom is 0.150 e. The Labute approximate surface area is 130 Å². The minimum atomic E-state index is 0.579. The number of nitrogens with one attached hydrogen (secondary N) is 1. The largest absolute Gasteiger partial charge is 0.369 e. The molecule has 1 heterocycles. The summed E-state index contributed by atoms with van der Waals surface area (Å²) >= 11 is 1.85. The van der Waals surface area contributed by atoms with E-state index >= 15 is 0 Å². The van der Waals surface area contributed by atoms with Crippen molar-refractivity contribution in [2.24, 2.45) is 4.99 Å². The lowest BCUT2D eigenvalue weighted by Crippen LogP contribution is -2.36. The Balaban J connectivity index is 1.97. The first-order valence-electron chi connectivity index (χ1n) is 6.94. The molecular formula is C17H20N2OS. The Kier molecular flexibility index (Phi) is 5.81. The van der Waals surface area contributed by atoms with Crippen molar-refractivity contribution in [3.63, 3.8) is 0 Å². The van der Waals surface area contributed by atoms with Gasteiger partial charge in [-0.2, -0.15) is 11.8 Å². The molecule has 1 aliphatic rings. The van der Waals surface area contributed by atoms with E-state index in [-0.39, 0.29) is 0 Å². The van der Waals surface area contributed by atoms with Gasteiger partial charge in [0.2, 0.25) is 0 Å². The molecule has 2 rings (SSSR count). The molecule has 1 atom stereocenters. The predicted octanol–water partition coefficient (Wildman–Crippen LogP) is 3.19. The van der Waals surface area contributed by atoms with Crippen LogP contribution in [0.1, 0.15) is 22.8 Å². The van der Waals surface area contributed by atoms with Crippen LogP contribution in [0.3, 0.4) is 0 Å². The summed E-state index contributed by atoms with van der Waals surface area (Å²) in [7, 11) is 0. The first-order chi connectivity index (χ1) is 10.2. The molecule has 4 heteroatoms. The van der Waals surface area contributed by atoms with E-state index in [1.807, 2.05) is 48.2 Å². The number of hydrogen-bond donors (Lipinski definition) is 1. The van der Waals surface area contributed by atoms with E-state index in [9.17, 15) is 4.79 Å². The lowest BCUT2D eigenvalue weighted by atomic mass is 10.1. The smallest absolute Gasteiger partial charge is 0.150 e. The normalized spacial score (nSPS) is 19.2. The highest BCUT2D eigenvalue weighted by atomic mass is 32.2. The summed E-state index contributed by atoms with van der Waals surface area (Å²) in [6.07, 6.45) is 9.04. The fourth-order valence-corrected chi connectivity index (χ4v) is 2.49. The molecule has 0 aromatic heterocycles. The minimum absolute atomic E-state index is 0.579. The van der Waals surface area contributed by atoms with E-state index in [2.05, 4.69) is 29.6 Å². The Bertz CT molecular complexity index is 573. The zero-order valence-electron chi connectivity index (χ0n) is 12.4. The third kappa shape index (κ3) is 4.60. The van der Waals surface area contributed by atoms with Gasteiger partial charge in [0, 0.05) is 17.4 Å². The molecule has 0 bridgehead atoms. The molecule has 0 aliphatic carbocycles. The van der Waals surface area contributed by atoms with Crippen LogP contribution >= 0.6 is 11.8 Å². The van der Waals surface area contributed by atoms with Crippen LogP contribution in [0, 0.1) is 0 Å². The van der Waals surface area contributed by atoms with Gasteiger partial charge in [-0.25, -0.2) is 0 Å². The van der Waals surface area contributed by atoms with Crippen LogP contribution in [0.5, 0.6) is 0 Å². The third-order valence-electron chi connectivity index (χ3n) is 3.41. The summed E-state index contributed by atoms with van der Waals surface area (Å²) in [6.45, 7) is 3.91. The number of carbonyl (C=O) groups is 1. The van der Waals surface area contributed by atoms with E-state index in [1.165, 1.54) is 0 Å². The molecule has 0 fully saturated rings. The molecule has 1 aromatic rings. The minimum Gasteiger partial charge on any atom is -0.369 e. The van der Waals surface area contributed by atoms with Gasteiger partial charge in [-0.05, 0) is 30.4 Å². The Hall–Kier alpha value is -1.81. The Morgan fingerprint density at radius 2 is 2.14 bits per heavy atom. The van der Waals surface area contributed by atoms with Crippen LogP contribution in [0.4, 0.5) is 0 Å². The number of thioether (sulfide) groups is 1. The van der Waals surface area contributed by atoms with Crippen molar-refractivity contribution >= 4 is 29.5 Å². The first kappa shape index (κ1) is 15.6. The van der Waals surface area contributed by atoms with Gasteiger partial charge in [-0.1, -0.05) is 36.4 Å². The molecule has 0 radical (unpaired) electrons. The van der Waals surface area contributed by atoms with Gasteiger partial charge >= 0.3 is 0 Å². The van der Waals surface area contributed by atoms with Crippen molar-refractivity contribution in [3.05, 3.63) is 53.6 Å². The Morgan fingerprint density at radius 3 is 2.71 bits per heavy atom. The Morgan fingerprint density at radius 1 is 1.38 bits per heavy atom. The highest BCUT2D eigenvalue weighted by Crippen LogP contribution is 2.14. The highest BCUT2D eigenvalue weighted by Gasteiger charge is 2.11. The second kappa shape index (κ2) is 7.84. The number of carbonyl (C=O) groups excluding carboxylic acids is 1. The average Bonchev–Trinajstić information content (AvgIpc) is 2.55. The van der Waals surface area contributed by atoms with Crippen molar-refractivity contribution in [3.8, 4) is 0 Å². The van der Waals surface area contributed by atoms with E-state index in [0.717, 1.165) is 36.3 Å². The molecule has 21 heavy (non-hydrogen) atoms. The lowest BCUT2D eigenvalue weighted by Gasteiger charge is -2.19. The first-order valence-corrected chi connectivity index (χ1v) is 8.23. The van der Waals surface area contributed by atoms with E-state index < -0.39 is 0 Å². The predicted molar refractivity (Wildman–Crippen MR) is 92.2 cm³/mol. The highest BCUT2D eigenvalue weighted by molar-refractivity contribution is 7.99. The van der Waals surface area contributed by atoms with Gasteiger partial charge in [0.05, 0.1) is 6.54 Å². The van der Waals surface area contributed by atoms with E-state index in [1.54, 1.807) is 0 Å². The van der Waals surface area contributed by atoms with Crippen LogP contribution in [0.2, 0.25) is 0 Å². The molecular weight excluding hydrogens is 280 g/mol. The molecule has 0 spiro atoms. The lowest BCUT2D eigenvalue weighted by molar-refractivity contribution is 0.112. The quantitative estimate of drug-likeness (QED) is 0.671. The summed E-state index contributed by atoms with van der Waals surface area (Å²) < 4.78 is 0. The van der Waals surface area contributed by atoms with Crippen molar-refractivity contribution in [2.75, 3.05) is 19.3 Å². The summed E-state index contributed by atoms with van der Waals surface area (Å²) in [5.74, 6) is 0.945. The maximum atomic E-state index is 10.6. The molecule has 1 aromatic carbocycles. The van der Waals surface area contributed by atoms with E-state index in [0.29, 0.717) is 10.8 Å². The summed E-state index contributed by atoms with van der Waals surface area (Å²) in [4.78, 5) is 15.1. The monoisotopic (exact) mass is 300 g/mol. The fraction of sp³-hybridized carbons (Fsp3) is 0.294. The van der Waals surface area contributed by atoms with Gasteiger partial charge in [-0.3, -0.25) is 9.79 Å². The van der Waals surface area contributed by atoms with Crippen LogP contribution < -0.4 is 5.32 Å². The molecule has 1 N–H and O–H groups in total. The number of benzene rings is 1. The van der Waals surface area contributed by atoms with Crippen LogP contribution in [0.25, 0.3) is 5.57 Å². The zero-order valence-corrected chi connectivity index (χ0v) is 13.2. The van der Waals surface area contributed by atoms with Crippen molar-refractivity contribution < 1.29 is 4.79 Å². The fourth-order valence-electron chi connectivity index (χ4n) is 2.01. The number of hydrogen-bond acceptors (Lipinski definition) is 4. The van der Waals surface area contributed by atoms with Crippen molar-refractivity contribution in [2.45, 2.75) is 12.2 Å². The number of allylic oxidation sites excluding steroid dienone is 3. The topological polar surface area (TPSA) is 41.5 Å². The van der Waals surface area contributed by atoms with Gasteiger partial charge in [0.15, 0.2) is 0 Å². The number of amidine groups is 1. The number of aldehydes is 1. The summed E-state index contributed by atoms with van der Waals surface area (Å²) in [5, 5.41) is 3.90. The van der Waals surface area contributed by atoms with Crippen LogP contribution in [0.15, 0.2) is 47.5 Å². The average molecular weight is 300 g/mol. The molecule has 0 amide bonds. The molecule has 0 saturated heterocycles. The molecule has 1 aliphatic heterocycles. The SMILES string of the molecule is CSC1CN=C(/C=C/C=C(\C)c2ccc(C=O)cc2)NC1. The van der Waals surface area contributed by atoms with Crippen LogP contribution in [-0.2, 0) is 0 Å². The van der Waals surface area contributed by atoms with Crippen molar-refractivity contribution in [1.29, 1.82) is 0 Å². The maximum absolute atomic E-state index is 10.6. The van der Waals surface area contributed by atoms with Gasteiger partial charge in [0.1, 0.15) is 12.1 Å². The summed E-state index contributed by atoms with van der Waals surface area (Å²) in [5.41, 5.74) is 2.97. The second-order valence-corrected chi connectivity index (χ2v) is 6.05. The number of nitrogens with zero attached hydrogens (tertiary/aromatic N) is 1. The number of aliphatic imine (C=N–C) groups is 1. The third-order valence-corrected chi connectivity index (χ3v) is 4.39. The molecule has 110 valence electrons. The standard InChI is InChI=1S/C17H20N2OS/c1-13(15-8-6-14(12-20)7-9-15)4-3-5-17-18-10-16(21-2)11-19-17/h3-9,12,16H,10-11H2,1-2H3,(H,18,19)/b5-3+,13-4+. The van der Waals surface area contributed by atoms with Crippen molar-refractivity contribution in [1.82, 2.24) is 5.32 Å². The van der Waals surface area contributed by atoms with Crippen LogP contribution in [-0.4, -0.2) is 36.7 Å². The molecule has 1 unspecified atom stereocenters. The van der Waals surface area contributed by atoms with Gasteiger partial charge < -0.3 is 5.32 Å². The zero-order chi connectivity index (χ0) is 15.1. The molecule has 3 nitrogen and oxygen atoms in total. The number of rotatable bonds is 5. The second-order valence-electron chi connectivity index (χ2n) is 4.91.